The Morgan fingerprint density at radius 3 is 2.93 bits per heavy atom. The van der Waals surface area contributed by atoms with Gasteiger partial charge in [0.2, 0.25) is 0 Å². The van der Waals surface area contributed by atoms with Gasteiger partial charge in [0.05, 0.1) is 18.8 Å². The number of furan rings is 1. The van der Waals surface area contributed by atoms with E-state index in [0.717, 1.165) is 49.2 Å². The van der Waals surface area contributed by atoms with Gasteiger partial charge in [-0.15, -0.1) is 0 Å². The third-order valence-corrected chi connectivity index (χ3v) is 5.17. The van der Waals surface area contributed by atoms with E-state index in [1.165, 1.54) is 5.56 Å². The molecule has 1 aliphatic heterocycles. The van der Waals surface area contributed by atoms with Crippen molar-refractivity contribution in [1.82, 2.24) is 25.4 Å². The first-order chi connectivity index (χ1) is 14.2. The molecule has 4 rings (SSSR count). The van der Waals surface area contributed by atoms with Crippen LogP contribution in [0.25, 0.3) is 0 Å². The molecule has 0 spiro atoms. The Kier molecular flexibility index (Phi) is 5.93. The Balaban J connectivity index is 1.43. The maximum absolute atomic E-state index is 5.43. The van der Waals surface area contributed by atoms with Crippen molar-refractivity contribution in [1.29, 1.82) is 0 Å². The molecule has 3 heterocycles. The molecule has 0 saturated carbocycles. The van der Waals surface area contributed by atoms with Gasteiger partial charge in [0.25, 0.3) is 0 Å². The summed E-state index contributed by atoms with van der Waals surface area (Å²) in [5.74, 6) is 3.68. The van der Waals surface area contributed by atoms with Crippen molar-refractivity contribution < 1.29 is 4.42 Å². The second-order valence-electron chi connectivity index (χ2n) is 7.47. The minimum Gasteiger partial charge on any atom is -0.469 e. The van der Waals surface area contributed by atoms with Crippen LogP contribution in [0, 0.1) is 6.92 Å². The Hall–Kier alpha value is -3.09. The summed E-state index contributed by atoms with van der Waals surface area (Å²) in [7, 11) is 0. The predicted molar refractivity (Wildman–Crippen MR) is 113 cm³/mol. The normalized spacial score (nSPS) is 17.6. The second kappa shape index (κ2) is 8.94. The van der Waals surface area contributed by atoms with E-state index >= 15 is 0 Å². The van der Waals surface area contributed by atoms with Crippen molar-refractivity contribution >= 4 is 5.96 Å². The molecule has 2 N–H and O–H groups in total. The first-order valence-electron chi connectivity index (χ1n) is 10.2. The number of fused-ring (bicyclic) bond motifs is 1. The number of aromatic nitrogens is 3. The lowest BCUT2D eigenvalue weighted by Crippen LogP contribution is -2.47. The number of rotatable bonds is 6. The zero-order valence-corrected chi connectivity index (χ0v) is 17.0. The zero-order chi connectivity index (χ0) is 20.1. The van der Waals surface area contributed by atoms with Crippen molar-refractivity contribution in [2.75, 3.05) is 6.54 Å². The average Bonchev–Trinajstić information content (AvgIpc) is 3.37. The van der Waals surface area contributed by atoms with Crippen molar-refractivity contribution in [3.05, 3.63) is 71.7 Å². The molecular formula is C22H28N6O. The summed E-state index contributed by atoms with van der Waals surface area (Å²) in [5, 5.41) is 11.7. The monoisotopic (exact) mass is 392 g/mol. The molecule has 1 aliphatic rings. The molecule has 1 aromatic carbocycles. The Labute approximate surface area is 171 Å². The van der Waals surface area contributed by atoms with E-state index in [1.807, 2.05) is 29.8 Å². The van der Waals surface area contributed by atoms with Crippen LogP contribution in [0.3, 0.4) is 0 Å². The first-order valence-corrected chi connectivity index (χ1v) is 10.2. The molecule has 2 atom stereocenters. The van der Waals surface area contributed by atoms with Gasteiger partial charge in [0.15, 0.2) is 5.96 Å². The van der Waals surface area contributed by atoms with Crippen molar-refractivity contribution in [3.8, 4) is 0 Å². The third kappa shape index (κ3) is 5.04. The van der Waals surface area contributed by atoms with E-state index < -0.39 is 0 Å². The number of hydrogen-bond acceptors (Lipinski definition) is 4. The van der Waals surface area contributed by atoms with Gasteiger partial charge in [-0.2, -0.15) is 5.10 Å². The number of aryl methyl sites for hydroxylation is 2. The molecule has 0 aliphatic carbocycles. The Bertz CT molecular complexity index is 932. The van der Waals surface area contributed by atoms with E-state index in [-0.39, 0.29) is 12.1 Å². The minimum atomic E-state index is 0.152. The summed E-state index contributed by atoms with van der Waals surface area (Å²) >= 11 is 0. The van der Waals surface area contributed by atoms with E-state index in [1.54, 1.807) is 6.26 Å². The molecule has 0 saturated heterocycles. The number of aliphatic imine (C=N–C) groups is 1. The summed E-state index contributed by atoms with van der Waals surface area (Å²) in [6, 6.07) is 14.7. The van der Waals surface area contributed by atoms with Gasteiger partial charge in [-0.3, -0.25) is 4.99 Å². The third-order valence-electron chi connectivity index (χ3n) is 5.17. The Morgan fingerprint density at radius 1 is 1.28 bits per heavy atom. The summed E-state index contributed by atoms with van der Waals surface area (Å²) in [4.78, 5) is 9.31. The molecule has 0 fully saturated rings. The van der Waals surface area contributed by atoms with Gasteiger partial charge < -0.3 is 15.1 Å². The topological polar surface area (TPSA) is 80.3 Å². The lowest BCUT2D eigenvalue weighted by Gasteiger charge is -2.27. The lowest BCUT2D eigenvalue weighted by atomic mass is 10.1. The fraction of sp³-hybridized carbons (Fsp3) is 0.409. The largest absolute Gasteiger partial charge is 0.469 e. The van der Waals surface area contributed by atoms with Gasteiger partial charge >= 0.3 is 0 Å². The smallest absolute Gasteiger partial charge is 0.192 e. The first kappa shape index (κ1) is 19.2. The molecule has 152 valence electrons. The maximum atomic E-state index is 5.43. The fourth-order valence-corrected chi connectivity index (χ4v) is 3.64. The van der Waals surface area contributed by atoms with Crippen LogP contribution in [0.5, 0.6) is 0 Å². The maximum Gasteiger partial charge on any atom is 0.192 e. The van der Waals surface area contributed by atoms with Crippen molar-refractivity contribution in [3.63, 3.8) is 0 Å². The molecule has 3 aromatic rings. The zero-order valence-electron chi connectivity index (χ0n) is 17.0. The standard InChI is InChI=1S/C22H28N6O/c1-16(18-7-4-3-5-8-18)24-22(23-13-12-20-9-6-14-29-20)26-19-10-11-21-25-17(2)27-28(21)15-19/h3-9,14,16,19H,10-13,15H2,1-2H3,(H2,23,24,26). The van der Waals surface area contributed by atoms with Crippen LogP contribution in [0.15, 0.2) is 58.1 Å². The summed E-state index contributed by atoms with van der Waals surface area (Å²) in [6.07, 6.45) is 4.41. The Morgan fingerprint density at radius 2 is 2.14 bits per heavy atom. The summed E-state index contributed by atoms with van der Waals surface area (Å²) in [6.45, 7) is 5.55. The number of hydrogen-bond donors (Lipinski definition) is 2. The van der Waals surface area contributed by atoms with Crippen LogP contribution in [-0.2, 0) is 19.4 Å². The van der Waals surface area contributed by atoms with Gasteiger partial charge in [-0.25, -0.2) is 9.67 Å². The van der Waals surface area contributed by atoms with E-state index in [0.29, 0.717) is 6.54 Å². The molecule has 7 heteroatoms. The highest BCUT2D eigenvalue weighted by Gasteiger charge is 2.22. The van der Waals surface area contributed by atoms with Crippen LogP contribution in [-0.4, -0.2) is 33.3 Å². The molecular weight excluding hydrogens is 364 g/mol. The SMILES string of the molecule is Cc1nc2n(n1)CC(NC(=NCCc1ccco1)NC(C)c1ccccc1)CC2. The minimum absolute atomic E-state index is 0.152. The molecule has 0 bridgehead atoms. The molecule has 2 aromatic heterocycles. The van der Waals surface area contributed by atoms with Crippen LogP contribution < -0.4 is 10.6 Å². The summed E-state index contributed by atoms with van der Waals surface area (Å²) < 4.78 is 7.44. The van der Waals surface area contributed by atoms with Crippen LogP contribution >= 0.6 is 0 Å². The number of guanidine groups is 1. The van der Waals surface area contributed by atoms with E-state index in [2.05, 4.69) is 51.9 Å². The highest BCUT2D eigenvalue weighted by Crippen LogP contribution is 2.14. The molecule has 2 unspecified atom stereocenters. The second-order valence-corrected chi connectivity index (χ2v) is 7.47. The van der Waals surface area contributed by atoms with E-state index in [4.69, 9.17) is 9.41 Å². The van der Waals surface area contributed by atoms with Gasteiger partial charge in [0, 0.05) is 25.4 Å². The number of benzene rings is 1. The lowest BCUT2D eigenvalue weighted by molar-refractivity contribution is 0.391. The molecule has 29 heavy (non-hydrogen) atoms. The molecule has 0 amide bonds. The highest BCUT2D eigenvalue weighted by atomic mass is 16.3. The number of nitrogens with one attached hydrogen (secondary N) is 2. The van der Waals surface area contributed by atoms with Crippen molar-refractivity contribution in [2.45, 2.75) is 51.7 Å². The van der Waals surface area contributed by atoms with E-state index in [9.17, 15) is 0 Å². The number of nitrogens with zero attached hydrogens (tertiary/aromatic N) is 4. The van der Waals surface area contributed by atoms with Crippen molar-refractivity contribution in [2.24, 2.45) is 4.99 Å². The highest BCUT2D eigenvalue weighted by molar-refractivity contribution is 5.80. The molecule has 0 radical (unpaired) electrons. The van der Waals surface area contributed by atoms with Crippen LogP contribution in [0.1, 0.15) is 42.4 Å². The average molecular weight is 393 g/mol. The van der Waals surface area contributed by atoms with Crippen LogP contribution in [0.2, 0.25) is 0 Å². The molecule has 7 nitrogen and oxygen atoms in total. The predicted octanol–water partition coefficient (Wildman–Crippen LogP) is 3.03. The van der Waals surface area contributed by atoms with Gasteiger partial charge in [-0.1, -0.05) is 30.3 Å². The van der Waals surface area contributed by atoms with Gasteiger partial charge in [-0.05, 0) is 38.0 Å². The fourth-order valence-electron chi connectivity index (χ4n) is 3.64. The quantitative estimate of drug-likeness (QED) is 0.498. The van der Waals surface area contributed by atoms with Crippen LogP contribution in [0.4, 0.5) is 0 Å². The van der Waals surface area contributed by atoms with Gasteiger partial charge in [0.1, 0.15) is 17.4 Å². The summed E-state index contributed by atoms with van der Waals surface area (Å²) in [5.41, 5.74) is 1.23.